The van der Waals surface area contributed by atoms with Gasteiger partial charge in [-0.05, 0) is 80.1 Å². The first-order valence-corrected chi connectivity index (χ1v) is 13.4. The summed E-state index contributed by atoms with van der Waals surface area (Å²) in [6, 6.07) is 18.9. The van der Waals surface area contributed by atoms with Gasteiger partial charge < -0.3 is 10.1 Å². The lowest BCUT2D eigenvalue weighted by Gasteiger charge is -2.18. The first kappa shape index (κ1) is 27.1. The predicted octanol–water partition coefficient (Wildman–Crippen LogP) is 6.70. The van der Waals surface area contributed by atoms with Crippen molar-refractivity contribution in [1.29, 1.82) is 0 Å². The summed E-state index contributed by atoms with van der Waals surface area (Å²) in [7, 11) is 0. The average molecular weight is 512 g/mol. The highest BCUT2D eigenvalue weighted by Crippen LogP contribution is 2.31. The minimum atomic E-state index is -0.316. The highest BCUT2D eigenvalue weighted by Gasteiger charge is 2.17. The van der Waals surface area contributed by atoms with Crippen LogP contribution in [0.25, 0.3) is 22.0 Å². The number of carbonyl (C=O) groups is 2. The molecule has 0 fully saturated rings. The lowest BCUT2D eigenvalue weighted by atomic mass is 9.92. The molecule has 1 N–H and O–H groups in total. The van der Waals surface area contributed by atoms with Gasteiger partial charge in [0.25, 0.3) is 5.91 Å². The van der Waals surface area contributed by atoms with Gasteiger partial charge in [0.2, 0.25) is 0 Å². The molecule has 6 heteroatoms. The molecule has 1 amide bonds. The molecule has 0 saturated heterocycles. The Hall–Kier alpha value is -3.93. The third-order valence-electron chi connectivity index (χ3n) is 6.85. The zero-order chi connectivity index (χ0) is 27.2. The van der Waals surface area contributed by atoms with Gasteiger partial charge >= 0.3 is 5.97 Å². The topological polar surface area (TPSA) is 73.2 Å². The summed E-state index contributed by atoms with van der Waals surface area (Å²) in [6.45, 7) is 11.0. The molecule has 1 atom stereocenters. The van der Waals surface area contributed by atoms with E-state index in [1.807, 2.05) is 23.0 Å². The fourth-order valence-corrected chi connectivity index (χ4v) is 5.19. The number of aryl methyl sites for hydroxylation is 3. The van der Waals surface area contributed by atoms with Crippen LogP contribution in [0.4, 0.5) is 0 Å². The second-order valence-electron chi connectivity index (χ2n) is 9.89. The minimum absolute atomic E-state index is 0.100. The molecular weight excluding hydrogens is 474 g/mol. The summed E-state index contributed by atoms with van der Waals surface area (Å²) in [5, 5.41) is 8.56. The molecule has 0 aliphatic carbocycles. The van der Waals surface area contributed by atoms with Crippen LogP contribution in [0.5, 0.6) is 0 Å². The number of hydrogen-bond acceptors (Lipinski definition) is 4. The van der Waals surface area contributed by atoms with E-state index in [9.17, 15) is 9.59 Å². The van der Waals surface area contributed by atoms with Crippen LogP contribution in [0.15, 0.2) is 60.8 Å². The van der Waals surface area contributed by atoms with Gasteiger partial charge in [-0.1, -0.05) is 55.3 Å². The van der Waals surface area contributed by atoms with Gasteiger partial charge in [0, 0.05) is 23.7 Å². The van der Waals surface area contributed by atoms with E-state index in [1.165, 1.54) is 33.4 Å². The quantitative estimate of drug-likeness (QED) is 0.240. The second-order valence-corrected chi connectivity index (χ2v) is 9.89. The molecule has 1 aromatic heterocycles. The highest BCUT2D eigenvalue weighted by atomic mass is 16.5. The highest BCUT2D eigenvalue weighted by molar-refractivity contribution is 5.98. The maximum atomic E-state index is 12.6. The molecular formula is C32H37N3O3. The molecule has 6 nitrogen and oxygen atoms in total. The summed E-state index contributed by atoms with van der Waals surface area (Å²) in [4.78, 5) is 24.1. The van der Waals surface area contributed by atoms with Crippen molar-refractivity contribution in [2.45, 2.75) is 59.9 Å². The lowest BCUT2D eigenvalue weighted by Crippen LogP contribution is -2.26. The van der Waals surface area contributed by atoms with Crippen LogP contribution >= 0.6 is 0 Å². The van der Waals surface area contributed by atoms with Crippen molar-refractivity contribution in [3.8, 4) is 11.1 Å². The number of ether oxygens (including phenoxy) is 1. The van der Waals surface area contributed by atoms with E-state index in [4.69, 9.17) is 9.84 Å². The molecule has 198 valence electrons. The van der Waals surface area contributed by atoms with Crippen LogP contribution in [-0.4, -0.2) is 34.8 Å². The van der Waals surface area contributed by atoms with Crippen molar-refractivity contribution in [2.24, 2.45) is 0 Å². The Kier molecular flexibility index (Phi) is 8.62. The standard InChI is InChI=1S/C32H37N3O3/c1-6-8-29(24-9-11-25(12-10-24)31-22(4)17-21(3)18-23(31)5)35-20-27-19-26(13-14-28(27)34-35)32(37)33-16-15-30(36)38-7-2/h9-14,17-20,29H,6-8,15-16H2,1-5H3,(H,33,37). The van der Waals surface area contributed by atoms with Crippen molar-refractivity contribution < 1.29 is 14.3 Å². The molecule has 0 bridgehead atoms. The molecule has 3 aromatic carbocycles. The maximum absolute atomic E-state index is 12.6. The number of benzene rings is 3. The van der Waals surface area contributed by atoms with E-state index < -0.39 is 0 Å². The minimum Gasteiger partial charge on any atom is -0.466 e. The summed E-state index contributed by atoms with van der Waals surface area (Å²) in [5.41, 5.74) is 8.99. The van der Waals surface area contributed by atoms with Crippen LogP contribution < -0.4 is 5.32 Å². The molecule has 4 rings (SSSR count). The summed E-state index contributed by atoms with van der Waals surface area (Å²) >= 11 is 0. The van der Waals surface area contributed by atoms with E-state index in [0.29, 0.717) is 12.2 Å². The molecule has 0 spiro atoms. The van der Waals surface area contributed by atoms with Gasteiger partial charge in [-0.3, -0.25) is 14.3 Å². The normalized spacial score (nSPS) is 11.9. The van der Waals surface area contributed by atoms with Gasteiger partial charge in [0.15, 0.2) is 0 Å². The van der Waals surface area contributed by atoms with Gasteiger partial charge in [0.1, 0.15) is 0 Å². The van der Waals surface area contributed by atoms with Crippen molar-refractivity contribution in [2.75, 3.05) is 13.2 Å². The number of nitrogens with zero attached hydrogens (tertiary/aromatic N) is 2. The largest absolute Gasteiger partial charge is 0.466 e. The predicted molar refractivity (Wildman–Crippen MR) is 152 cm³/mol. The summed E-state index contributed by atoms with van der Waals surface area (Å²) in [5.74, 6) is -0.532. The van der Waals surface area contributed by atoms with Crippen LogP contribution in [0.3, 0.4) is 0 Å². The fourth-order valence-electron chi connectivity index (χ4n) is 5.19. The number of carbonyl (C=O) groups excluding carboxylic acids is 2. The van der Waals surface area contributed by atoms with Gasteiger partial charge in [-0.25, -0.2) is 0 Å². The number of hydrogen-bond donors (Lipinski definition) is 1. The number of esters is 1. The van der Waals surface area contributed by atoms with Gasteiger partial charge in [-0.15, -0.1) is 0 Å². The molecule has 0 aliphatic heterocycles. The molecule has 0 aliphatic rings. The number of fused-ring (bicyclic) bond motifs is 1. The van der Waals surface area contributed by atoms with E-state index >= 15 is 0 Å². The van der Waals surface area contributed by atoms with Crippen LogP contribution in [-0.2, 0) is 9.53 Å². The van der Waals surface area contributed by atoms with Gasteiger partial charge in [-0.2, -0.15) is 5.10 Å². The molecule has 4 aromatic rings. The zero-order valence-electron chi connectivity index (χ0n) is 23.0. The van der Waals surface area contributed by atoms with Crippen LogP contribution in [0.1, 0.15) is 71.8 Å². The van der Waals surface area contributed by atoms with Crippen molar-refractivity contribution in [3.63, 3.8) is 0 Å². The first-order valence-electron chi connectivity index (χ1n) is 13.4. The maximum Gasteiger partial charge on any atom is 0.307 e. The zero-order valence-corrected chi connectivity index (χ0v) is 23.0. The Balaban J connectivity index is 1.55. The van der Waals surface area contributed by atoms with E-state index in [-0.39, 0.29) is 30.9 Å². The lowest BCUT2D eigenvalue weighted by molar-refractivity contribution is -0.142. The second kappa shape index (κ2) is 12.1. The molecule has 0 saturated carbocycles. The van der Waals surface area contributed by atoms with Crippen LogP contribution in [0.2, 0.25) is 0 Å². The SMILES string of the molecule is CCCC(c1ccc(-c2c(C)cc(C)cc2C)cc1)n1cc2cc(C(=O)NCCC(=O)OCC)ccc2n1. The average Bonchev–Trinajstić information content (AvgIpc) is 3.30. The molecule has 38 heavy (non-hydrogen) atoms. The van der Waals surface area contributed by atoms with E-state index in [1.54, 1.807) is 13.0 Å². The number of aromatic nitrogens is 2. The van der Waals surface area contributed by atoms with Gasteiger partial charge in [0.05, 0.1) is 24.6 Å². The number of amides is 1. The van der Waals surface area contributed by atoms with E-state index in [0.717, 1.165) is 23.7 Å². The molecule has 1 unspecified atom stereocenters. The Morgan fingerprint density at radius 3 is 2.34 bits per heavy atom. The van der Waals surface area contributed by atoms with Crippen molar-refractivity contribution in [1.82, 2.24) is 15.1 Å². The smallest absolute Gasteiger partial charge is 0.307 e. The Morgan fingerprint density at radius 2 is 1.68 bits per heavy atom. The third-order valence-corrected chi connectivity index (χ3v) is 6.85. The molecule has 1 heterocycles. The van der Waals surface area contributed by atoms with Crippen LogP contribution in [0, 0.1) is 20.8 Å². The van der Waals surface area contributed by atoms with Crippen molar-refractivity contribution in [3.05, 3.63) is 88.6 Å². The van der Waals surface area contributed by atoms with Crippen molar-refractivity contribution >= 4 is 22.8 Å². The third kappa shape index (κ3) is 6.13. The molecule has 0 radical (unpaired) electrons. The first-order chi connectivity index (χ1) is 18.3. The van der Waals surface area contributed by atoms with E-state index in [2.05, 4.69) is 69.4 Å². The Bertz CT molecular complexity index is 1410. The monoisotopic (exact) mass is 511 g/mol. The number of rotatable bonds is 10. The summed E-state index contributed by atoms with van der Waals surface area (Å²) < 4.78 is 6.93. The Labute approximate surface area is 225 Å². The number of nitrogens with one attached hydrogen (secondary N) is 1. The fraction of sp³-hybridized carbons (Fsp3) is 0.344. The Morgan fingerprint density at radius 1 is 0.974 bits per heavy atom. The summed E-state index contributed by atoms with van der Waals surface area (Å²) in [6.07, 6.45) is 4.15.